The maximum atomic E-state index is 8.56. The van der Waals surface area contributed by atoms with Crippen molar-refractivity contribution in [2.24, 2.45) is 0 Å². The van der Waals surface area contributed by atoms with Gasteiger partial charge in [-0.1, -0.05) is 75.4 Å². The van der Waals surface area contributed by atoms with Gasteiger partial charge in [-0.05, 0) is 22.1 Å². The molecule has 0 aliphatic carbocycles. The minimum absolute atomic E-state index is 0.187. The molecule has 0 amide bonds. The summed E-state index contributed by atoms with van der Waals surface area (Å²) in [5.74, 6) is 0. The molecule has 3 heteroatoms. The van der Waals surface area contributed by atoms with Crippen LogP contribution in [0, 0.1) is 0 Å². The van der Waals surface area contributed by atoms with E-state index in [4.69, 9.17) is 15.0 Å². The average Bonchev–Trinajstić information content (AvgIpc) is 2.38. The van der Waals surface area contributed by atoms with E-state index in [-0.39, 0.29) is 5.41 Å². The Kier molecular flexibility index (Phi) is 5.32. The quantitative estimate of drug-likeness (QED) is 0.778. The van der Waals surface area contributed by atoms with Gasteiger partial charge in [0.1, 0.15) is 0 Å². The van der Waals surface area contributed by atoms with Crippen molar-refractivity contribution in [1.82, 2.24) is 0 Å². The molecule has 0 aliphatic rings. The maximum absolute atomic E-state index is 8.56. The smallest absolute Gasteiger partial charge is 0.450 e. The zero-order chi connectivity index (χ0) is 15.2. The van der Waals surface area contributed by atoms with Gasteiger partial charge in [-0.3, -0.25) is 0 Å². The minimum atomic E-state index is -1.83. The van der Waals surface area contributed by atoms with E-state index in [1.807, 2.05) is 0 Å². The molecule has 20 heavy (non-hydrogen) atoms. The zero-order valence-corrected chi connectivity index (χ0v) is 12.0. The first-order valence-electron chi connectivity index (χ1n) is 6.39. The van der Waals surface area contributed by atoms with Gasteiger partial charge >= 0.3 is 6.16 Å². The summed E-state index contributed by atoms with van der Waals surface area (Å²) in [4.78, 5) is 8.56. The fraction of sp³-hybridized carbons (Fsp3) is 0.235. The van der Waals surface area contributed by atoms with Crippen molar-refractivity contribution in [3.63, 3.8) is 0 Å². The number of rotatable bonds is 1. The lowest BCUT2D eigenvalue weighted by Crippen LogP contribution is -2.12. The Hall–Kier alpha value is -2.29. The number of hydrogen-bond donors (Lipinski definition) is 2. The number of benzene rings is 2. The summed E-state index contributed by atoms with van der Waals surface area (Å²) in [7, 11) is 0. The van der Waals surface area contributed by atoms with Gasteiger partial charge in [0.2, 0.25) is 0 Å². The molecular weight excluding hydrogens is 252 g/mol. The lowest BCUT2D eigenvalue weighted by molar-refractivity contribution is 0.137. The third-order valence-electron chi connectivity index (χ3n) is 2.82. The van der Waals surface area contributed by atoms with Crippen LogP contribution in [-0.4, -0.2) is 16.4 Å². The lowest BCUT2D eigenvalue weighted by Gasteiger charge is -2.23. The molecule has 2 rings (SSSR count). The van der Waals surface area contributed by atoms with Crippen LogP contribution in [0.15, 0.2) is 54.6 Å². The summed E-state index contributed by atoms with van der Waals surface area (Å²) in [5, 5.41) is 13.9. The van der Waals surface area contributed by atoms with Gasteiger partial charge < -0.3 is 10.2 Å². The van der Waals surface area contributed by atoms with E-state index in [0.717, 1.165) is 0 Å². The minimum Gasteiger partial charge on any atom is -0.450 e. The Morgan fingerprint density at radius 1 is 0.850 bits per heavy atom. The highest BCUT2D eigenvalue weighted by molar-refractivity contribution is 5.68. The molecule has 0 heterocycles. The van der Waals surface area contributed by atoms with E-state index in [9.17, 15) is 0 Å². The Morgan fingerprint density at radius 2 is 1.30 bits per heavy atom. The highest BCUT2D eigenvalue weighted by atomic mass is 16.6. The molecule has 0 fully saturated rings. The Morgan fingerprint density at radius 3 is 1.80 bits per heavy atom. The summed E-state index contributed by atoms with van der Waals surface area (Å²) >= 11 is 0. The van der Waals surface area contributed by atoms with Crippen LogP contribution in [0.2, 0.25) is 0 Å². The van der Waals surface area contributed by atoms with Crippen molar-refractivity contribution in [2.75, 3.05) is 0 Å². The number of hydrogen-bond acceptors (Lipinski definition) is 1. The summed E-state index contributed by atoms with van der Waals surface area (Å²) in [6.07, 6.45) is -1.83. The maximum Gasteiger partial charge on any atom is 0.503 e. The molecule has 106 valence electrons. The van der Waals surface area contributed by atoms with Gasteiger partial charge in [0.05, 0.1) is 0 Å². The van der Waals surface area contributed by atoms with E-state index in [1.165, 1.54) is 16.7 Å². The third-order valence-corrected chi connectivity index (χ3v) is 2.82. The molecule has 0 spiro atoms. The summed E-state index contributed by atoms with van der Waals surface area (Å²) < 4.78 is 0. The van der Waals surface area contributed by atoms with Crippen molar-refractivity contribution < 1.29 is 15.0 Å². The standard InChI is InChI=1S/C16H18.CH2O3/c1-16(2,3)15-12-8-7-11-14(15)13-9-5-4-6-10-13;2-1(3)4/h4-12H,1-3H3;(H2,2,3,4). The Bertz CT molecular complexity index is 550. The predicted octanol–water partition coefficient (Wildman–Crippen LogP) is 4.87. The van der Waals surface area contributed by atoms with Gasteiger partial charge in [-0.25, -0.2) is 4.79 Å². The van der Waals surface area contributed by atoms with E-state index >= 15 is 0 Å². The largest absolute Gasteiger partial charge is 0.503 e. The Labute approximate surface area is 119 Å². The van der Waals surface area contributed by atoms with Gasteiger partial charge in [0, 0.05) is 0 Å². The monoisotopic (exact) mass is 272 g/mol. The van der Waals surface area contributed by atoms with E-state index in [2.05, 4.69) is 75.4 Å². The van der Waals surface area contributed by atoms with Crippen LogP contribution >= 0.6 is 0 Å². The van der Waals surface area contributed by atoms with Crippen LogP contribution in [0.1, 0.15) is 26.3 Å². The van der Waals surface area contributed by atoms with E-state index < -0.39 is 6.16 Å². The molecule has 0 radical (unpaired) electrons. The highest BCUT2D eigenvalue weighted by Crippen LogP contribution is 2.32. The predicted molar refractivity (Wildman–Crippen MR) is 81.2 cm³/mol. The van der Waals surface area contributed by atoms with Crippen LogP contribution in [0.5, 0.6) is 0 Å². The van der Waals surface area contributed by atoms with Crippen LogP contribution in [0.4, 0.5) is 4.79 Å². The van der Waals surface area contributed by atoms with Crippen LogP contribution < -0.4 is 0 Å². The SMILES string of the molecule is CC(C)(C)c1ccccc1-c1ccccc1.O=C(O)O. The molecule has 0 aromatic heterocycles. The number of carbonyl (C=O) groups is 1. The molecule has 0 unspecified atom stereocenters. The van der Waals surface area contributed by atoms with Gasteiger partial charge in [-0.15, -0.1) is 0 Å². The molecule has 0 saturated heterocycles. The molecule has 2 aromatic rings. The van der Waals surface area contributed by atoms with Crippen molar-refractivity contribution in [3.05, 3.63) is 60.2 Å². The normalized spacial score (nSPS) is 10.3. The van der Waals surface area contributed by atoms with Crippen molar-refractivity contribution in [2.45, 2.75) is 26.2 Å². The van der Waals surface area contributed by atoms with Gasteiger partial charge in [-0.2, -0.15) is 0 Å². The topological polar surface area (TPSA) is 57.5 Å². The van der Waals surface area contributed by atoms with Crippen molar-refractivity contribution in [1.29, 1.82) is 0 Å². The van der Waals surface area contributed by atoms with Crippen molar-refractivity contribution in [3.8, 4) is 11.1 Å². The van der Waals surface area contributed by atoms with Gasteiger partial charge in [0.15, 0.2) is 0 Å². The fourth-order valence-corrected chi connectivity index (χ4v) is 2.01. The van der Waals surface area contributed by atoms with Crippen LogP contribution in [0.25, 0.3) is 11.1 Å². The zero-order valence-electron chi connectivity index (χ0n) is 12.0. The molecule has 2 N–H and O–H groups in total. The second kappa shape index (κ2) is 6.75. The first-order chi connectivity index (χ1) is 9.32. The summed E-state index contributed by atoms with van der Waals surface area (Å²) in [6, 6.07) is 19.2. The second-order valence-electron chi connectivity index (χ2n) is 5.44. The van der Waals surface area contributed by atoms with Crippen molar-refractivity contribution >= 4 is 6.16 Å². The van der Waals surface area contributed by atoms with E-state index in [0.29, 0.717) is 0 Å². The molecule has 3 nitrogen and oxygen atoms in total. The lowest BCUT2D eigenvalue weighted by atomic mass is 9.82. The van der Waals surface area contributed by atoms with Gasteiger partial charge in [0.25, 0.3) is 0 Å². The fourth-order valence-electron chi connectivity index (χ4n) is 2.01. The summed E-state index contributed by atoms with van der Waals surface area (Å²) in [5.41, 5.74) is 4.23. The van der Waals surface area contributed by atoms with Crippen LogP contribution in [0.3, 0.4) is 0 Å². The third kappa shape index (κ3) is 4.76. The molecule has 0 saturated carbocycles. The number of carboxylic acid groups (broad SMARTS) is 2. The molecule has 0 atom stereocenters. The molecular formula is C17H20O3. The highest BCUT2D eigenvalue weighted by Gasteiger charge is 2.17. The Balaban J connectivity index is 0.000000444. The first-order valence-corrected chi connectivity index (χ1v) is 6.39. The first kappa shape index (κ1) is 15.8. The van der Waals surface area contributed by atoms with E-state index in [1.54, 1.807) is 0 Å². The summed E-state index contributed by atoms with van der Waals surface area (Å²) in [6.45, 7) is 6.78. The van der Waals surface area contributed by atoms with Crippen LogP contribution in [-0.2, 0) is 5.41 Å². The average molecular weight is 272 g/mol. The molecule has 2 aromatic carbocycles. The molecule has 0 aliphatic heterocycles. The second-order valence-corrected chi connectivity index (χ2v) is 5.44. The molecule has 0 bridgehead atoms.